The van der Waals surface area contributed by atoms with E-state index < -0.39 is 0 Å². The summed E-state index contributed by atoms with van der Waals surface area (Å²) in [5.41, 5.74) is 3.77. The van der Waals surface area contributed by atoms with Crippen molar-refractivity contribution in [2.75, 3.05) is 0 Å². The first-order valence-electron chi connectivity index (χ1n) is 6.07. The number of para-hydroxylation sites is 1. The third-order valence-electron chi connectivity index (χ3n) is 2.65. The van der Waals surface area contributed by atoms with Gasteiger partial charge in [0.2, 0.25) is 0 Å². The highest BCUT2D eigenvalue weighted by molar-refractivity contribution is 5.33. The van der Waals surface area contributed by atoms with Crippen LogP contribution in [0.2, 0.25) is 0 Å². The minimum Gasteiger partial charge on any atom is -0.238 e. The van der Waals surface area contributed by atoms with Crippen LogP contribution in [0.3, 0.4) is 0 Å². The van der Waals surface area contributed by atoms with E-state index in [0.717, 1.165) is 12.1 Å². The van der Waals surface area contributed by atoms with Crippen molar-refractivity contribution in [1.29, 1.82) is 0 Å². The molecule has 0 bridgehead atoms. The summed E-state index contributed by atoms with van der Waals surface area (Å²) in [6.45, 7) is 8.82. The molecule has 0 atom stereocenters. The minimum absolute atomic E-state index is 0.280. The van der Waals surface area contributed by atoms with E-state index in [4.69, 9.17) is 0 Å². The number of hydrogen-bond acceptors (Lipinski definition) is 1. The van der Waals surface area contributed by atoms with Gasteiger partial charge in [-0.15, -0.1) is 0 Å². The van der Waals surface area contributed by atoms with Gasteiger partial charge in [-0.25, -0.2) is 4.68 Å². The molecule has 17 heavy (non-hydrogen) atoms. The highest BCUT2D eigenvalue weighted by Gasteiger charge is 2.14. The van der Waals surface area contributed by atoms with Crippen molar-refractivity contribution < 1.29 is 0 Å². The first kappa shape index (κ1) is 11.9. The van der Waals surface area contributed by atoms with Crippen LogP contribution in [0.25, 0.3) is 5.69 Å². The molecular weight excluding hydrogens is 208 g/mol. The van der Waals surface area contributed by atoms with Crippen LogP contribution in [0.15, 0.2) is 36.4 Å². The van der Waals surface area contributed by atoms with Crippen LogP contribution in [-0.4, -0.2) is 9.78 Å². The van der Waals surface area contributed by atoms with Gasteiger partial charge in [0.1, 0.15) is 0 Å². The molecule has 1 aromatic carbocycles. The Labute approximate surface area is 103 Å². The minimum atomic E-state index is 0.280. The van der Waals surface area contributed by atoms with E-state index in [1.807, 2.05) is 22.9 Å². The van der Waals surface area contributed by atoms with Gasteiger partial charge in [0.05, 0.1) is 11.4 Å². The van der Waals surface area contributed by atoms with Gasteiger partial charge in [0.15, 0.2) is 0 Å². The number of nitrogens with zero attached hydrogens (tertiary/aromatic N) is 2. The molecular formula is C15H20N2. The fourth-order valence-electron chi connectivity index (χ4n) is 2.00. The molecule has 2 nitrogen and oxygen atoms in total. The second kappa shape index (κ2) is 4.36. The molecule has 0 N–H and O–H groups in total. The summed E-state index contributed by atoms with van der Waals surface area (Å²) in [6.07, 6.45) is 1.01. The van der Waals surface area contributed by atoms with Crippen LogP contribution in [0, 0.1) is 12.3 Å². The van der Waals surface area contributed by atoms with E-state index >= 15 is 0 Å². The summed E-state index contributed by atoms with van der Waals surface area (Å²) in [5.74, 6) is 0. The van der Waals surface area contributed by atoms with E-state index in [2.05, 4.69) is 51.0 Å². The van der Waals surface area contributed by atoms with Crippen molar-refractivity contribution in [3.63, 3.8) is 0 Å². The summed E-state index contributed by atoms with van der Waals surface area (Å²) in [7, 11) is 0. The molecule has 2 aromatic rings. The predicted octanol–water partition coefficient (Wildman–Crippen LogP) is 3.77. The highest BCUT2D eigenvalue weighted by Crippen LogP contribution is 2.21. The molecule has 2 rings (SSSR count). The fourth-order valence-corrected chi connectivity index (χ4v) is 2.00. The normalized spacial score (nSPS) is 11.8. The standard InChI is InChI=1S/C15H20N2/c1-12-10-13(11-15(2,3)4)16-17(12)14-8-6-5-7-9-14/h5-10H,11H2,1-4H3. The number of hydrogen-bond donors (Lipinski definition) is 0. The van der Waals surface area contributed by atoms with Crippen molar-refractivity contribution in [2.45, 2.75) is 34.1 Å². The molecule has 0 saturated heterocycles. The Morgan fingerprint density at radius 2 is 1.76 bits per heavy atom. The van der Waals surface area contributed by atoms with Gasteiger partial charge < -0.3 is 0 Å². The molecule has 0 aliphatic carbocycles. The Morgan fingerprint density at radius 1 is 1.12 bits per heavy atom. The van der Waals surface area contributed by atoms with E-state index in [1.54, 1.807) is 0 Å². The Balaban J connectivity index is 2.32. The Kier molecular flexibility index (Phi) is 3.05. The zero-order chi connectivity index (χ0) is 12.5. The van der Waals surface area contributed by atoms with Crippen molar-refractivity contribution in [3.8, 4) is 5.69 Å². The Hall–Kier alpha value is -1.57. The summed E-state index contributed by atoms with van der Waals surface area (Å²) in [6, 6.07) is 12.5. The lowest BCUT2D eigenvalue weighted by atomic mass is 9.91. The van der Waals surface area contributed by atoms with Crippen molar-refractivity contribution in [2.24, 2.45) is 5.41 Å². The predicted molar refractivity (Wildman–Crippen MR) is 71.5 cm³/mol. The molecule has 0 fully saturated rings. The van der Waals surface area contributed by atoms with E-state index in [1.165, 1.54) is 11.4 Å². The van der Waals surface area contributed by atoms with E-state index in [-0.39, 0.29) is 5.41 Å². The maximum absolute atomic E-state index is 4.68. The van der Waals surface area contributed by atoms with Crippen LogP contribution in [-0.2, 0) is 6.42 Å². The maximum Gasteiger partial charge on any atom is 0.0648 e. The smallest absolute Gasteiger partial charge is 0.0648 e. The van der Waals surface area contributed by atoms with Gasteiger partial charge in [-0.2, -0.15) is 5.10 Å². The summed E-state index contributed by atoms with van der Waals surface area (Å²) >= 11 is 0. The lowest BCUT2D eigenvalue weighted by molar-refractivity contribution is 0.405. The van der Waals surface area contributed by atoms with Gasteiger partial charge in [-0.05, 0) is 37.0 Å². The monoisotopic (exact) mass is 228 g/mol. The second-order valence-electron chi connectivity index (χ2n) is 5.76. The quantitative estimate of drug-likeness (QED) is 0.765. The third-order valence-corrected chi connectivity index (χ3v) is 2.65. The molecule has 90 valence electrons. The van der Waals surface area contributed by atoms with Gasteiger partial charge in [-0.1, -0.05) is 39.0 Å². The van der Waals surface area contributed by atoms with E-state index in [9.17, 15) is 0 Å². The molecule has 0 unspecified atom stereocenters. The maximum atomic E-state index is 4.68. The van der Waals surface area contributed by atoms with Crippen molar-refractivity contribution in [3.05, 3.63) is 47.8 Å². The zero-order valence-corrected chi connectivity index (χ0v) is 11.1. The van der Waals surface area contributed by atoms with Crippen LogP contribution in [0.4, 0.5) is 0 Å². The topological polar surface area (TPSA) is 17.8 Å². The molecule has 1 heterocycles. The number of aryl methyl sites for hydroxylation is 1. The number of aromatic nitrogens is 2. The second-order valence-corrected chi connectivity index (χ2v) is 5.76. The van der Waals surface area contributed by atoms with Crippen LogP contribution in [0.5, 0.6) is 0 Å². The molecule has 0 saturated carbocycles. The highest BCUT2D eigenvalue weighted by atomic mass is 15.3. The fraction of sp³-hybridized carbons (Fsp3) is 0.400. The Morgan fingerprint density at radius 3 is 2.35 bits per heavy atom. The van der Waals surface area contributed by atoms with Gasteiger partial charge in [0, 0.05) is 5.69 Å². The first-order valence-corrected chi connectivity index (χ1v) is 6.07. The van der Waals surface area contributed by atoms with Crippen LogP contribution >= 0.6 is 0 Å². The molecule has 0 aliphatic rings. The lowest BCUT2D eigenvalue weighted by Crippen LogP contribution is -2.10. The van der Waals surface area contributed by atoms with Crippen molar-refractivity contribution in [1.82, 2.24) is 9.78 Å². The van der Waals surface area contributed by atoms with Crippen molar-refractivity contribution >= 4 is 0 Å². The summed E-state index contributed by atoms with van der Waals surface area (Å²) in [4.78, 5) is 0. The summed E-state index contributed by atoms with van der Waals surface area (Å²) in [5, 5.41) is 4.68. The molecule has 0 radical (unpaired) electrons. The first-order chi connectivity index (χ1) is 7.96. The van der Waals surface area contributed by atoms with Gasteiger partial charge in [0.25, 0.3) is 0 Å². The molecule has 0 amide bonds. The molecule has 1 aromatic heterocycles. The third kappa shape index (κ3) is 2.96. The zero-order valence-electron chi connectivity index (χ0n) is 11.1. The SMILES string of the molecule is Cc1cc(CC(C)(C)C)nn1-c1ccccc1. The average molecular weight is 228 g/mol. The van der Waals surface area contributed by atoms with Crippen LogP contribution in [0.1, 0.15) is 32.2 Å². The molecule has 2 heteroatoms. The van der Waals surface area contributed by atoms with E-state index in [0.29, 0.717) is 0 Å². The largest absolute Gasteiger partial charge is 0.238 e. The average Bonchev–Trinajstić information content (AvgIpc) is 2.58. The number of rotatable bonds is 2. The summed E-state index contributed by atoms with van der Waals surface area (Å²) < 4.78 is 2.01. The van der Waals surface area contributed by atoms with Crippen LogP contribution < -0.4 is 0 Å². The molecule has 0 spiro atoms. The lowest BCUT2D eigenvalue weighted by Gasteiger charge is -2.15. The van der Waals surface area contributed by atoms with Gasteiger partial charge in [-0.3, -0.25) is 0 Å². The van der Waals surface area contributed by atoms with Gasteiger partial charge >= 0.3 is 0 Å². The molecule has 0 aliphatic heterocycles. The Bertz CT molecular complexity index is 489. The number of benzene rings is 1.